The van der Waals surface area contributed by atoms with E-state index in [4.69, 9.17) is 4.74 Å². The van der Waals surface area contributed by atoms with Gasteiger partial charge in [0.15, 0.2) is 0 Å². The van der Waals surface area contributed by atoms with Gasteiger partial charge in [0.25, 0.3) is 5.91 Å². The van der Waals surface area contributed by atoms with Crippen LogP contribution in [0.15, 0.2) is 42.6 Å². The predicted molar refractivity (Wildman–Crippen MR) is 99.3 cm³/mol. The molecule has 0 bridgehead atoms. The van der Waals surface area contributed by atoms with E-state index in [9.17, 15) is 4.79 Å². The van der Waals surface area contributed by atoms with Gasteiger partial charge in [0.2, 0.25) is 5.88 Å². The van der Waals surface area contributed by atoms with E-state index in [2.05, 4.69) is 10.3 Å². The molecule has 1 amide bonds. The highest BCUT2D eigenvalue weighted by atomic mass is 32.2. The van der Waals surface area contributed by atoms with Crippen molar-refractivity contribution in [1.29, 1.82) is 0 Å². The highest BCUT2D eigenvalue weighted by Gasteiger charge is 2.18. The van der Waals surface area contributed by atoms with E-state index in [1.807, 2.05) is 55.0 Å². The van der Waals surface area contributed by atoms with E-state index in [1.165, 1.54) is 0 Å². The number of nitrogens with one attached hydrogen (secondary N) is 1. The Labute approximate surface area is 146 Å². The molecule has 2 aromatic rings. The highest BCUT2D eigenvalue weighted by molar-refractivity contribution is 7.99. The zero-order chi connectivity index (χ0) is 16.9. The Hall–Kier alpha value is -2.21. The zero-order valence-corrected chi connectivity index (χ0v) is 14.7. The third-order valence-corrected chi connectivity index (χ3v) is 4.95. The van der Waals surface area contributed by atoms with Crippen LogP contribution < -0.4 is 15.0 Å². The van der Waals surface area contributed by atoms with E-state index in [1.54, 1.807) is 18.3 Å². The van der Waals surface area contributed by atoms with Crippen LogP contribution in [0.2, 0.25) is 0 Å². The fraction of sp³-hybridized carbons (Fsp3) is 0.333. The second-order valence-corrected chi connectivity index (χ2v) is 7.03. The van der Waals surface area contributed by atoms with Gasteiger partial charge in [-0.3, -0.25) is 4.79 Å². The number of pyridine rings is 1. The number of rotatable bonds is 5. The molecule has 0 aliphatic carbocycles. The monoisotopic (exact) mass is 343 g/mol. The van der Waals surface area contributed by atoms with E-state index in [0.717, 1.165) is 29.3 Å². The minimum Gasteiger partial charge on any atom is -0.473 e. The normalized spacial score (nSPS) is 16.7. The van der Waals surface area contributed by atoms with Crippen molar-refractivity contribution < 1.29 is 9.53 Å². The molecule has 1 aliphatic heterocycles. The molecule has 0 saturated carbocycles. The molecule has 0 radical (unpaired) electrons. The molecule has 126 valence electrons. The topological polar surface area (TPSA) is 54.5 Å². The molecule has 2 heterocycles. The fourth-order valence-corrected chi connectivity index (χ4v) is 3.53. The van der Waals surface area contributed by atoms with Gasteiger partial charge in [-0.15, -0.1) is 0 Å². The maximum absolute atomic E-state index is 12.4. The lowest BCUT2D eigenvalue weighted by molar-refractivity contribution is 0.102. The van der Waals surface area contributed by atoms with E-state index < -0.39 is 0 Å². The molecular weight excluding hydrogens is 322 g/mol. The number of hydrogen-bond donors (Lipinski definition) is 1. The Morgan fingerprint density at radius 3 is 2.75 bits per heavy atom. The summed E-state index contributed by atoms with van der Waals surface area (Å²) in [5.74, 6) is 2.45. The first-order valence-corrected chi connectivity index (χ1v) is 9.06. The average molecular weight is 343 g/mol. The molecule has 1 aliphatic rings. The summed E-state index contributed by atoms with van der Waals surface area (Å²) in [5, 5.41) is 2.90. The number of nitrogens with zero attached hydrogens (tertiary/aromatic N) is 2. The third kappa shape index (κ3) is 4.20. The van der Waals surface area contributed by atoms with Crippen LogP contribution in [0.1, 0.15) is 16.8 Å². The number of anilines is 2. The summed E-state index contributed by atoms with van der Waals surface area (Å²) in [5.41, 5.74) is 2.39. The van der Waals surface area contributed by atoms with Crippen molar-refractivity contribution in [2.45, 2.75) is 12.5 Å². The van der Waals surface area contributed by atoms with Gasteiger partial charge in [0.1, 0.15) is 6.10 Å². The third-order valence-electron chi connectivity index (χ3n) is 3.81. The van der Waals surface area contributed by atoms with E-state index >= 15 is 0 Å². The summed E-state index contributed by atoms with van der Waals surface area (Å²) >= 11 is 1.88. The van der Waals surface area contributed by atoms with E-state index in [0.29, 0.717) is 11.4 Å². The van der Waals surface area contributed by atoms with Gasteiger partial charge in [-0.25, -0.2) is 4.98 Å². The number of benzene rings is 1. The smallest absolute Gasteiger partial charge is 0.255 e. The number of aromatic nitrogens is 1. The minimum absolute atomic E-state index is 0.166. The molecule has 1 unspecified atom stereocenters. The van der Waals surface area contributed by atoms with E-state index in [-0.39, 0.29) is 12.0 Å². The standard InChI is InChI=1S/C18H21N3O2S/c1-21(2)15-5-3-14(4-6-15)20-18(22)13-7-9-19-17(11-13)23-16-8-10-24-12-16/h3-7,9,11,16H,8,10,12H2,1-2H3,(H,20,22). The molecule has 1 aromatic carbocycles. The Morgan fingerprint density at radius 2 is 2.08 bits per heavy atom. The van der Waals surface area contributed by atoms with Crippen molar-refractivity contribution in [2.75, 3.05) is 35.8 Å². The van der Waals surface area contributed by atoms with Crippen LogP contribution in [0.25, 0.3) is 0 Å². The Bertz CT molecular complexity index is 698. The van der Waals surface area contributed by atoms with Gasteiger partial charge in [0.05, 0.1) is 0 Å². The van der Waals surface area contributed by atoms with Crippen LogP contribution in [0.5, 0.6) is 5.88 Å². The molecule has 24 heavy (non-hydrogen) atoms. The molecule has 1 fully saturated rings. The molecule has 3 rings (SSSR count). The molecule has 6 heteroatoms. The first kappa shape index (κ1) is 16.6. The molecule has 1 aromatic heterocycles. The lowest BCUT2D eigenvalue weighted by Gasteiger charge is -2.13. The number of hydrogen-bond acceptors (Lipinski definition) is 5. The lowest BCUT2D eigenvalue weighted by atomic mass is 10.2. The maximum Gasteiger partial charge on any atom is 0.255 e. The first-order chi connectivity index (χ1) is 11.6. The number of carbonyl (C=O) groups excluding carboxylic acids is 1. The van der Waals surface area contributed by atoms with Crippen LogP contribution in [0.3, 0.4) is 0 Å². The first-order valence-electron chi connectivity index (χ1n) is 7.91. The Morgan fingerprint density at radius 1 is 1.29 bits per heavy atom. The summed E-state index contributed by atoms with van der Waals surface area (Å²) in [6, 6.07) is 11.1. The summed E-state index contributed by atoms with van der Waals surface area (Å²) in [7, 11) is 3.96. The van der Waals surface area contributed by atoms with Crippen LogP contribution >= 0.6 is 11.8 Å². The summed E-state index contributed by atoms with van der Waals surface area (Å²) < 4.78 is 5.84. The van der Waals surface area contributed by atoms with Crippen molar-refractivity contribution in [3.8, 4) is 5.88 Å². The van der Waals surface area contributed by atoms with Gasteiger partial charge in [0, 0.05) is 49.0 Å². The van der Waals surface area contributed by atoms with Crippen LogP contribution in [0, 0.1) is 0 Å². The van der Waals surface area contributed by atoms with Crippen LogP contribution in [-0.2, 0) is 0 Å². The average Bonchev–Trinajstić information content (AvgIpc) is 3.08. The molecule has 1 saturated heterocycles. The van der Waals surface area contributed by atoms with Crippen molar-refractivity contribution in [3.05, 3.63) is 48.2 Å². The largest absolute Gasteiger partial charge is 0.473 e. The van der Waals surface area contributed by atoms with Crippen LogP contribution in [0.4, 0.5) is 11.4 Å². The molecule has 0 spiro atoms. The van der Waals surface area contributed by atoms with Crippen molar-refractivity contribution in [1.82, 2.24) is 4.98 Å². The summed E-state index contributed by atoms with van der Waals surface area (Å²) in [4.78, 5) is 18.6. The molecule has 1 atom stereocenters. The number of amides is 1. The quantitative estimate of drug-likeness (QED) is 0.903. The fourth-order valence-electron chi connectivity index (χ4n) is 2.44. The number of thioether (sulfide) groups is 1. The van der Waals surface area contributed by atoms with Gasteiger partial charge < -0.3 is 15.0 Å². The Kier molecular flexibility index (Phi) is 5.25. The van der Waals surface area contributed by atoms with Gasteiger partial charge >= 0.3 is 0 Å². The molecular formula is C18H21N3O2S. The Balaban J connectivity index is 1.65. The van der Waals surface area contributed by atoms with Gasteiger partial charge in [-0.2, -0.15) is 11.8 Å². The highest BCUT2D eigenvalue weighted by Crippen LogP contribution is 2.23. The van der Waals surface area contributed by atoms with Crippen molar-refractivity contribution in [2.24, 2.45) is 0 Å². The molecule has 5 nitrogen and oxygen atoms in total. The summed E-state index contributed by atoms with van der Waals surface area (Å²) in [6.45, 7) is 0. The van der Waals surface area contributed by atoms with Gasteiger partial charge in [-0.1, -0.05) is 0 Å². The SMILES string of the molecule is CN(C)c1ccc(NC(=O)c2ccnc(OC3CCSC3)c2)cc1. The zero-order valence-electron chi connectivity index (χ0n) is 13.9. The molecule has 1 N–H and O–H groups in total. The number of ether oxygens (including phenoxy) is 1. The van der Waals surface area contributed by atoms with Crippen molar-refractivity contribution in [3.63, 3.8) is 0 Å². The van der Waals surface area contributed by atoms with Crippen molar-refractivity contribution >= 4 is 29.0 Å². The summed E-state index contributed by atoms with van der Waals surface area (Å²) in [6.07, 6.45) is 2.84. The van der Waals surface area contributed by atoms with Gasteiger partial charge in [-0.05, 0) is 42.5 Å². The lowest BCUT2D eigenvalue weighted by Crippen LogP contribution is -2.17. The predicted octanol–water partition coefficient (Wildman–Crippen LogP) is 3.28. The minimum atomic E-state index is -0.166. The number of carbonyl (C=O) groups is 1. The second-order valence-electron chi connectivity index (χ2n) is 5.88. The van der Waals surface area contributed by atoms with Crippen LogP contribution in [-0.4, -0.2) is 42.6 Å². The second kappa shape index (κ2) is 7.57. The maximum atomic E-state index is 12.4.